The Morgan fingerprint density at radius 3 is 2.52 bits per heavy atom. The first-order chi connectivity index (χ1) is 9.85. The van der Waals surface area contributed by atoms with E-state index in [0.717, 1.165) is 16.7 Å². The third-order valence-electron chi connectivity index (χ3n) is 3.37. The Bertz CT molecular complexity index is 773. The number of rotatable bonds is 4. The zero-order chi connectivity index (χ0) is 15.6. The van der Waals surface area contributed by atoms with Gasteiger partial charge in [-0.1, -0.05) is 29.8 Å². The van der Waals surface area contributed by atoms with Gasteiger partial charge >= 0.3 is 0 Å². The highest BCUT2D eigenvalue weighted by atomic mass is 35.5. The molecule has 112 valence electrons. The fourth-order valence-electron chi connectivity index (χ4n) is 1.95. The highest BCUT2D eigenvalue weighted by Crippen LogP contribution is 2.26. The van der Waals surface area contributed by atoms with Crippen molar-refractivity contribution in [3.05, 3.63) is 58.1 Å². The van der Waals surface area contributed by atoms with Crippen LogP contribution >= 0.6 is 11.6 Å². The summed E-state index contributed by atoms with van der Waals surface area (Å²) in [5.41, 5.74) is 8.75. The van der Waals surface area contributed by atoms with Crippen LogP contribution in [0.25, 0.3) is 0 Å². The molecule has 0 heterocycles. The zero-order valence-electron chi connectivity index (χ0n) is 11.9. The largest absolute Gasteiger partial charge is 0.326 e. The first kappa shape index (κ1) is 15.8. The van der Waals surface area contributed by atoms with Crippen molar-refractivity contribution in [1.29, 1.82) is 0 Å². The molecule has 0 unspecified atom stereocenters. The molecule has 21 heavy (non-hydrogen) atoms. The fourth-order valence-corrected chi connectivity index (χ4v) is 3.64. The van der Waals surface area contributed by atoms with Crippen molar-refractivity contribution in [3.63, 3.8) is 0 Å². The van der Waals surface area contributed by atoms with E-state index in [9.17, 15) is 8.42 Å². The number of sulfonamides is 1. The lowest BCUT2D eigenvalue weighted by atomic mass is 10.1. The molecule has 2 rings (SSSR count). The minimum Gasteiger partial charge on any atom is -0.326 e. The summed E-state index contributed by atoms with van der Waals surface area (Å²) in [4.78, 5) is 0.0438. The molecular weight excluding hydrogens is 308 g/mol. The van der Waals surface area contributed by atoms with E-state index >= 15 is 0 Å². The van der Waals surface area contributed by atoms with Crippen LogP contribution in [0.4, 0.5) is 5.69 Å². The maximum atomic E-state index is 12.5. The number of halogens is 1. The molecule has 0 aliphatic carbocycles. The molecule has 4 nitrogen and oxygen atoms in total. The van der Waals surface area contributed by atoms with Gasteiger partial charge in [-0.15, -0.1) is 0 Å². The van der Waals surface area contributed by atoms with E-state index in [1.54, 1.807) is 24.3 Å². The zero-order valence-corrected chi connectivity index (χ0v) is 13.4. The van der Waals surface area contributed by atoms with Gasteiger partial charge in [0.15, 0.2) is 0 Å². The van der Waals surface area contributed by atoms with E-state index in [0.29, 0.717) is 12.2 Å². The molecule has 0 aromatic heterocycles. The van der Waals surface area contributed by atoms with Crippen molar-refractivity contribution < 1.29 is 8.42 Å². The monoisotopic (exact) mass is 324 g/mol. The van der Waals surface area contributed by atoms with Crippen LogP contribution in [-0.2, 0) is 16.6 Å². The number of aryl methyl sites for hydroxylation is 1. The van der Waals surface area contributed by atoms with E-state index < -0.39 is 10.0 Å². The van der Waals surface area contributed by atoms with Crippen LogP contribution in [0.3, 0.4) is 0 Å². The Labute approximate surface area is 130 Å². The van der Waals surface area contributed by atoms with Gasteiger partial charge in [-0.25, -0.2) is 8.42 Å². The second kappa shape index (κ2) is 6.05. The van der Waals surface area contributed by atoms with E-state index in [4.69, 9.17) is 17.3 Å². The normalized spacial score (nSPS) is 11.4. The highest BCUT2D eigenvalue weighted by Gasteiger charge is 2.19. The van der Waals surface area contributed by atoms with Gasteiger partial charge in [-0.05, 0) is 48.7 Å². The summed E-state index contributed by atoms with van der Waals surface area (Å²) in [7, 11) is -3.73. The second-order valence-electron chi connectivity index (χ2n) is 4.82. The number of nitrogens with one attached hydrogen (secondary N) is 1. The SMILES string of the molecule is Cc1cccc(NS(=O)(=O)c2ccc(CN)cc2Cl)c1C. The number of hydrogen-bond donors (Lipinski definition) is 2. The minimum absolute atomic E-state index is 0.0438. The van der Waals surface area contributed by atoms with E-state index in [-0.39, 0.29) is 9.92 Å². The van der Waals surface area contributed by atoms with Gasteiger partial charge in [0.2, 0.25) is 0 Å². The van der Waals surface area contributed by atoms with E-state index in [1.807, 2.05) is 19.9 Å². The molecule has 2 aromatic carbocycles. The van der Waals surface area contributed by atoms with Gasteiger partial charge in [0.25, 0.3) is 10.0 Å². The predicted molar refractivity (Wildman–Crippen MR) is 86.1 cm³/mol. The smallest absolute Gasteiger partial charge is 0.263 e. The van der Waals surface area contributed by atoms with Crippen molar-refractivity contribution in [1.82, 2.24) is 0 Å². The Hall–Kier alpha value is -1.56. The van der Waals surface area contributed by atoms with Gasteiger partial charge in [-0.2, -0.15) is 0 Å². The minimum atomic E-state index is -3.73. The first-order valence-electron chi connectivity index (χ1n) is 6.42. The quantitative estimate of drug-likeness (QED) is 0.907. The standard InChI is InChI=1S/C15H17ClN2O2S/c1-10-4-3-5-14(11(10)2)18-21(19,20)15-7-6-12(9-17)8-13(15)16/h3-8,18H,9,17H2,1-2H3. The summed E-state index contributed by atoms with van der Waals surface area (Å²) >= 11 is 6.06. The molecule has 0 amide bonds. The van der Waals surface area contributed by atoms with Crippen LogP contribution < -0.4 is 10.5 Å². The molecule has 0 saturated heterocycles. The molecule has 0 atom stereocenters. The molecule has 0 saturated carbocycles. The van der Waals surface area contributed by atoms with Crippen LogP contribution in [0, 0.1) is 13.8 Å². The van der Waals surface area contributed by atoms with Gasteiger partial charge in [0, 0.05) is 6.54 Å². The van der Waals surface area contributed by atoms with Crippen LogP contribution in [-0.4, -0.2) is 8.42 Å². The predicted octanol–water partition coefficient (Wildman–Crippen LogP) is 3.22. The average molecular weight is 325 g/mol. The average Bonchev–Trinajstić information content (AvgIpc) is 2.43. The highest BCUT2D eigenvalue weighted by molar-refractivity contribution is 7.92. The topological polar surface area (TPSA) is 72.2 Å². The van der Waals surface area contributed by atoms with Crippen LogP contribution in [0.1, 0.15) is 16.7 Å². The molecule has 0 aliphatic heterocycles. The molecule has 0 radical (unpaired) electrons. The van der Waals surface area contributed by atoms with Crippen molar-refractivity contribution in [2.45, 2.75) is 25.3 Å². The van der Waals surface area contributed by atoms with E-state index in [1.165, 1.54) is 6.07 Å². The van der Waals surface area contributed by atoms with Crippen molar-refractivity contribution in [2.24, 2.45) is 5.73 Å². The molecule has 6 heteroatoms. The van der Waals surface area contributed by atoms with Gasteiger partial charge in [0.05, 0.1) is 10.7 Å². The number of benzene rings is 2. The summed E-state index contributed by atoms with van der Waals surface area (Å²) in [5, 5.41) is 0.163. The van der Waals surface area contributed by atoms with Crippen LogP contribution in [0.15, 0.2) is 41.3 Å². The first-order valence-corrected chi connectivity index (χ1v) is 8.29. The number of nitrogens with two attached hydrogens (primary N) is 1. The van der Waals surface area contributed by atoms with Crippen LogP contribution in [0.2, 0.25) is 5.02 Å². The Morgan fingerprint density at radius 1 is 1.19 bits per heavy atom. The molecule has 0 aliphatic rings. The summed E-state index contributed by atoms with van der Waals surface area (Å²) in [6, 6.07) is 10.2. The lowest BCUT2D eigenvalue weighted by Crippen LogP contribution is -2.15. The lowest BCUT2D eigenvalue weighted by molar-refractivity contribution is 0.601. The summed E-state index contributed by atoms with van der Waals surface area (Å²) in [6.07, 6.45) is 0. The van der Waals surface area contributed by atoms with Crippen LogP contribution in [0.5, 0.6) is 0 Å². The summed E-state index contributed by atoms with van der Waals surface area (Å²) < 4.78 is 27.5. The van der Waals surface area contributed by atoms with Crippen molar-refractivity contribution >= 4 is 27.3 Å². The molecule has 0 bridgehead atoms. The van der Waals surface area contributed by atoms with Gasteiger partial charge in [0.1, 0.15) is 4.90 Å². The molecule has 0 fully saturated rings. The van der Waals surface area contributed by atoms with E-state index in [2.05, 4.69) is 4.72 Å². The second-order valence-corrected chi connectivity index (χ2v) is 6.88. The fraction of sp³-hybridized carbons (Fsp3) is 0.200. The molecule has 3 N–H and O–H groups in total. The third kappa shape index (κ3) is 3.37. The summed E-state index contributed by atoms with van der Waals surface area (Å²) in [5.74, 6) is 0. The molecule has 2 aromatic rings. The Kier molecular flexibility index (Phi) is 4.56. The summed E-state index contributed by atoms with van der Waals surface area (Å²) in [6.45, 7) is 4.10. The van der Waals surface area contributed by atoms with Gasteiger partial charge < -0.3 is 5.73 Å². The maximum absolute atomic E-state index is 12.5. The lowest BCUT2D eigenvalue weighted by Gasteiger charge is -2.13. The third-order valence-corrected chi connectivity index (χ3v) is 5.22. The Morgan fingerprint density at radius 2 is 1.90 bits per heavy atom. The van der Waals surface area contributed by atoms with Crippen molar-refractivity contribution in [2.75, 3.05) is 4.72 Å². The Balaban J connectivity index is 2.41. The number of anilines is 1. The molecule has 0 spiro atoms. The van der Waals surface area contributed by atoms with Gasteiger partial charge in [-0.3, -0.25) is 4.72 Å². The maximum Gasteiger partial charge on any atom is 0.263 e. The molecular formula is C15H17ClN2O2S. The number of hydrogen-bond acceptors (Lipinski definition) is 3. The van der Waals surface area contributed by atoms with Crippen molar-refractivity contribution in [3.8, 4) is 0 Å².